The van der Waals surface area contributed by atoms with Crippen LogP contribution in [0.5, 0.6) is 5.75 Å². The number of ether oxygens (including phenoxy) is 1. The molecule has 1 heterocycles. The van der Waals surface area contributed by atoms with E-state index >= 15 is 0 Å². The predicted molar refractivity (Wildman–Crippen MR) is 69.6 cm³/mol. The number of nitrogens with two attached hydrogens (primary N) is 1. The van der Waals surface area contributed by atoms with Gasteiger partial charge in [-0.3, -0.25) is 0 Å². The smallest absolute Gasteiger partial charge is 0.159 e. The van der Waals surface area contributed by atoms with Gasteiger partial charge >= 0.3 is 0 Å². The Morgan fingerprint density at radius 1 is 1.29 bits per heavy atom. The average Bonchev–Trinajstić information content (AvgIpc) is 2.39. The van der Waals surface area contributed by atoms with Crippen LogP contribution in [0.4, 0.5) is 0 Å². The van der Waals surface area contributed by atoms with E-state index < -0.39 is 0 Å². The second kappa shape index (κ2) is 5.25. The predicted octanol–water partition coefficient (Wildman–Crippen LogP) is 2.37. The molecule has 0 aliphatic carbocycles. The number of hydrogen-bond donors (Lipinski definition) is 1. The molecular weight excluding hydrogens is 282 g/mol. The van der Waals surface area contributed by atoms with Crippen LogP contribution in [0, 0.1) is 0 Å². The fourth-order valence-electron chi connectivity index (χ4n) is 1.41. The Morgan fingerprint density at radius 3 is 2.53 bits per heavy atom. The van der Waals surface area contributed by atoms with Gasteiger partial charge in [0.2, 0.25) is 0 Å². The monoisotopic (exact) mass is 293 g/mol. The average molecular weight is 294 g/mol. The molecule has 0 fully saturated rings. The van der Waals surface area contributed by atoms with Crippen LogP contribution in [0.15, 0.2) is 35.1 Å². The number of aromatic nitrogens is 2. The molecule has 0 saturated carbocycles. The van der Waals surface area contributed by atoms with Crippen molar-refractivity contribution in [2.75, 3.05) is 7.11 Å². The van der Waals surface area contributed by atoms with Crippen molar-refractivity contribution in [3.63, 3.8) is 0 Å². The highest BCUT2D eigenvalue weighted by atomic mass is 79.9. The van der Waals surface area contributed by atoms with Gasteiger partial charge in [-0.15, -0.1) is 0 Å². The zero-order valence-corrected chi connectivity index (χ0v) is 10.9. The van der Waals surface area contributed by atoms with Crippen molar-refractivity contribution >= 4 is 15.9 Å². The van der Waals surface area contributed by atoms with Crippen molar-refractivity contribution in [3.8, 4) is 17.1 Å². The van der Waals surface area contributed by atoms with E-state index in [0.29, 0.717) is 12.4 Å². The second-order valence-electron chi connectivity index (χ2n) is 3.47. The molecule has 0 atom stereocenters. The number of hydrogen-bond acceptors (Lipinski definition) is 4. The fourth-order valence-corrected chi connectivity index (χ4v) is 1.96. The highest BCUT2D eigenvalue weighted by Gasteiger charge is 2.05. The summed E-state index contributed by atoms with van der Waals surface area (Å²) in [6.07, 6.45) is 3.47. The minimum absolute atomic E-state index is 0.451. The molecule has 17 heavy (non-hydrogen) atoms. The normalized spacial score (nSPS) is 10.3. The molecule has 0 aliphatic rings. The van der Waals surface area contributed by atoms with E-state index in [2.05, 4.69) is 25.9 Å². The van der Waals surface area contributed by atoms with Gasteiger partial charge in [0.15, 0.2) is 5.82 Å². The Bertz CT molecular complexity index is 514. The van der Waals surface area contributed by atoms with Crippen molar-refractivity contribution in [2.24, 2.45) is 5.73 Å². The lowest BCUT2D eigenvalue weighted by molar-refractivity contribution is 0.412. The maximum absolute atomic E-state index is 5.50. The van der Waals surface area contributed by atoms with Crippen LogP contribution in [0.1, 0.15) is 5.56 Å². The third-order valence-electron chi connectivity index (χ3n) is 2.35. The van der Waals surface area contributed by atoms with Crippen molar-refractivity contribution in [1.29, 1.82) is 0 Å². The van der Waals surface area contributed by atoms with Crippen molar-refractivity contribution in [3.05, 3.63) is 40.6 Å². The van der Waals surface area contributed by atoms with E-state index in [1.54, 1.807) is 19.5 Å². The van der Waals surface area contributed by atoms with Crippen LogP contribution in [-0.2, 0) is 6.54 Å². The minimum Gasteiger partial charge on any atom is -0.496 e. The molecule has 5 heteroatoms. The number of methoxy groups -OCH3 is 1. The summed E-state index contributed by atoms with van der Waals surface area (Å²) in [7, 11) is 1.63. The summed E-state index contributed by atoms with van der Waals surface area (Å²) in [6.45, 7) is 0.451. The molecule has 88 valence electrons. The van der Waals surface area contributed by atoms with Crippen LogP contribution in [0.25, 0.3) is 11.4 Å². The standard InChI is InChI=1S/C12H12BrN3O/c1-17-11-3-2-9(4-10(11)13)12-15-6-8(5-14)7-16-12/h2-4,6-7H,5,14H2,1H3. The SMILES string of the molecule is COc1ccc(-c2ncc(CN)cn2)cc1Br. The molecule has 0 spiro atoms. The van der Waals surface area contributed by atoms with E-state index in [4.69, 9.17) is 10.5 Å². The van der Waals surface area contributed by atoms with Gasteiger partial charge in [-0.25, -0.2) is 9.97 Å². The van der Waals surface area contributed by atoms with Crippen LogP contribution in [-0.4, -0.2) is 17.1 Å². The summed E-state index contributed by atoms with van der Waals surface area (Å²) in [5.41, 5.74) is 7.35. The van der Waals surface area contributed by atoms with E-state index in [1.165, 1.54) is 0 Å². The number of halogens is 1. The molecule has 2 N–H and O–H groups in total. The lowest BCUT2D eigenvalue weighted by atomic mass is 10.2. The Kier molecular flexibility index (Phi) is 3.71. The van der Waals surface area contributed by atoms with Crippen LogP contribution < -0.4 is 10.5 Å². The maximum atomic E-state index is 5.50. The zero-order chi connectivity index (χ0) is 12.3. The summed E-state index contributed by atoms with van der Waals surface area (Å²) >= 11 is 3.43. The van der Waals surface area contributed by atoms with Crippen molar-refractivity contribution in [2.45, 2.75) is 6.54 Å². The van der Waals surface area contributed by atoms with Crippen molar-refractivity contribution in [1.82, 2.24) is 9.97 Å². The van der Waals surface area contributed by atoms with Crippen LogP contribution in [0.3, 0.4) is 0 Å². The molecule has 1 aromatic heterocycles. The molecule has 0 aliphatic heterocycles. The molecule has 2 rings (SSSR count). The summed E-state index contributed by atoms with van der Waals surface area (Å²) in [4.78, 5) is 8.53. The van der Waals surface area contributed by atoms with Gasteiger partial charge in [0.05, 0.1) is 11.6 Å². The first-order valence-corrected chi connectivity index (χ1v) is 5.89. The quantitative estimate of drug-likeness (QED) is 0.944. The molecule has 1 aromatic carbocycles. The van der Waals surface area contributed by atoms with Gasteiger partial charge in [0, 0.05) is 30.1 Å². The molecule has 2 aromatic rings. The van der Waals surface area contributed by atoms with E-state index in [0.717, 1.165) is 21.3 Å². The van der Waals surface area contributed by atoms with Gasteiger partial charge in [0.25, 0.3) is 0 Å². The largest absolute Gasteiger partial charge is 0.496 e. The van der Waals surface area contributed by atoms with Gasteiger partial charge in [-0.1, -0.05) is 0 Å². The van der Waals surface area contributed by atoms with E-state index in [-0.39, 0.29) is 0 Å². The molecule has 0 saturated heterocycles. The van der Waals surface area contributed by atoms with Gasteiger partial charge in [-0.05, 0) is 34.1 Å². The van der Waals surface area contributed by atoms with Crippen LogP contribution in [0.2, 0.25) is 0 Å². The van der Waals surface area contributed by atoms with Gasteiger partial charge < -0.3 is 10.5 Å². The molecule has 0 radical (unpaired) electrons. The summed E-state index contributed by atoms with van der Waals surface area (Å²) in [5.74, 6) is 1.46. The lowest BCUT2D eigenvalue weighted by Gasteiger charge is -2.05. The van der Waals surface area contributed by atoms with Gasteiger partial charge in [-0.2, -0.15) is 0 Å². The third kappa shape index (κ3) is 2.62. The maximum Gasteiger partial charge on any atom is 0.159 e. The summed E-state index contributed by atoms with van der Waals surface area (Å²) in [6, 6.07) is 5.72. The molecule has 0 bridgehead atoms. The first-order chi connectivity index (χ1) is 8.24. The summed E-state index contributed by atoms with van der Waals surface area (Å²) in [5, 5.41) is 0. The lowest BCUT2D eigenvalue weighted by Crippen LogP contribution is -1.99. The second-order valence-corrected chi connectivity index (χ2v) is 4.32. The molecular formula is C12H12BrN3O. The molecule has 0 amide bonds. The van der Waals surface area contributed by atoms with Gasteiger partial charge in [0.1, 0.15) is 5.75 Å². The molecule has 0 unspecified atom stereocenters. The Balaban J connectivity index is 2.35. The Hall–Kier alpha value is -1.46. The third-order valence-corrected chi connectivity index (χ3v) is 2.97. The Morgan fingerprint density at radius 2 is 2.00 bits per heavy atom. The van der Waals surface area contributed by atoms with Crippen LogP contribution >= 0.6 is 15.9 Å². The zero-order valence-electron chi connectivity index (χ0n) is 9.35. The fraction of sp³-hybridized carbons (Fsp3) is 0.167. The van der Waals surface area contributed by atoms with Crippen molar-refractivity contribution < 1.29 is 4.74 Å². The first-order valence-electron chi connectivity index (χ1n) is 5.09. The highest BCUT2D eigenvalue weighted by molar-refractivity contribution is 9.10. The summed E-state index contributed by atoms with van der Waals surface area (Å²) < 4.78 is 6.05. The number of benzene rings is 1. The van der Waals surface area contributed by atoms with E-state index in [1.807, 2.05) is 18.2 Å². The number of nitrogens with zero attached hydrogens (tertiary/aromatic N) is 2. The Labute approximate surface area is 108 Å². The van der Waals surface area contributed by atoms with E-state index in [9.17, 15) is 0 Å². The molecule has 4 nitrogen and oxygen atoms in total. The first kappa shape index (κ1) is 12.0. The number of rotatable bonds is 3. The topological polar surface area (TPSA) is 61.0 Å². The highest BCUT2D eigenvalue weighted by Crippen LogP contribution is 2.28. The minimum atomic E-state index is 0.451.